The van der Waals surface area contributed by atoms with E-state index < -0.39 is 0 Å². The van der Waals surface area contributed by atoms with Crippen LogP contribution in [0.15, 0.2) is 48.1 Å². The number of carbonyl (C=O) groups excluding carboxylic acids is 1. The van der Waals surface area contributed by atoms with Crippen molar-refractivity contribution in [1.82, 2.24) is 14.8 Å². The van der Waals surface area contributed by atoms with Crippen LogP contribution in [0.25, 0.3) is 11.3 Å². The summed E-state index contributed by atoms with van der Waals surface area (Å²) in [5.41, 5.74) is 2.94. The minimum Gasteiger partial charge on any atom is -0.300 e. The van der Waals surface area contributed by atoms with Crippen LogP contribution in [0.3, 0.4) is 0 Å². The molecule has 0 atom stereocenters. The molecule has 106 valence electrons. The Hall–Kier alpha value is -2.47. The van der Waals surface area contributed by atoms with Gasteiger partial charge in [0.15, 0.2) is 5.13 Å². The normalized spacial score (nSPS) is 10.5. The zero-order chi connectivity index (χ0) is 14.7. The van der Waals surface area contributed by atoms with Gasteiger partial charge in [0, 0.05) is 17.1 Å². The maximum atomic E-state index is 11.9. The van der Waals surface area contributed by atoms with Crippen LogP contribution < -0.4 is 5.32 Å². The summed E-state index contributed by atoms with van der Waals surface area (Å²) in [5, 5.41) is 9.42. The van der Waals surface area contributed by atoms with Gasteiger partial charge in [-0.3, -0.25) is 9.48 Å². The number of nitrogens with zero attached hydrogens (tertiary/aromatic N) is 3. The topological polar surface area (TPSA) is 59.8 Å². The first-order valence-electron chi connectivity index (χ1n) is 6.50. The van der Waals surface area contributed by atoms with Crippen LogP contribution in [0.5, 0.6) is 0 Å². The molecule has 0 spiro atoms. The number of rotatable bonds is 4. The van der Waals surface area contributed by atoms with Crippen LogP contribution in [-0.2, 0) is 11.3 Å². The second-order valence-corrected chi connectivity index (χ2v) is 5.53. The number of hydrogen-bond donors (Lipinski definition) is 1. The van der Waals surface area contributed by atoms with E-state index in [1.807, 2.05) is 48.8 Å². The Balaban J connectivity index is 1.66. The molecule has 0 fully saturated rings. The average molecular weight is 298 g/mol. The maximum absolute atomic E-state index is 11.9. The van der Waals surface area contributed by atoms with Crippen molar-refractivity contribution in [1.29, 1.82) is 0 Å². The fraction of sp³-hybridized carbons (Fsp3) is 0.133. The van der Waals surface area contributed by atoms with Gasteiger partial charge in [0.25, 0.3) is 0 Å². The zero-order valence-corrected chi connectivity index (χ0v) is 12.3. The standard InChI is InChI=1S/C15H14N4OS/c1-11-7-16-19(8-11)9-14(20)18-15-17-13(10-21-15)12-5-3-2-4-6-12/h2-8,10H,9H2,1H3,(H,17,18,20). The largest absolute Gasteiger partial charge is 0.300 e. The summed E-state index contributed by atoms with van der Waals surface area (Å²) in [4.78, 5) is 16.4. The summed E-state index contributed by atoms with van der Waals surface area (Å²) in [6.07, 6.45) is 3.56. The number of aryl methyl sites for hydroxylation is 1. The lowest BCUT2D eigenvalue weighted by molar-refractivity contribution is -0.116. The third kappa shape index (κ3) is 3.35. The lowest BCUT2D eigenvalue weighted by Gasteiger charge is -2.01. The zero-order valence-electron chi connectivity index (χ0n) is 11.5. The highest BCUT2D eigenvalue weighted by Crippen LogP contribution is 2.24. The van der Waals surface area contributed by atoms with E-state index in [-0.39, 0.29) is 12.5 Å². The third-order valence-corrected chi connectivity index (χ3v) is 3.65. The van der Waals surface area contributed by atoms with Gasteiger partial charge in [-0.1, -0.05) is 30.3 Å². The van der Waals surface area contributed by atoms with E-state index in [9.17, 15) is 4.79 Å². The van der Waals surface area contributed by atoms with Crippen molar-refractivity contribution in [3.63, 3.8) is 0 Å². The lowest BCUT2D eigenvalue weighted by Crippen LogP contribution is -2.18. The molecule has 1 N–H and O–H groups in total. The summed E-state index contributed by atoms with van der Waals surface area (Å²) in [6.45, 7) is 2.13. The predicted molar refractivity (Wildman–Crippen MR) is 83.1 cm³/mol. The second-order valence-electron chi connectivity index (χ2n) is 4.67. The number of anilines is 1. The van der Waals surface area contributed by atoms with E-state index in [4.69, 9.17) is 0 Å². The van der Waals surface area contributed by atoms with E-state index in [1.165, 1.54) is 11.3 Å². The van der Waals surface area contributed by atoms with Gasteiger partial charge in [-0.15, -0.1) is 11.3 Å². The summed E-state index contributed by atoms with van der Waals surface area (Å²) in [6, 6.07) is 9.88. The van der Waals surface area contributed by atoms with E-state index in [2.05, 4.69) is 15.4 Å². The van der Waals surface area contributed by atoms with Gasteiger partial charge < -0.3 is 5.32 Å². The number of carbonyl (C=O) groups is 1. The van der Waals surface area contributed by atoms with Crippen molar-refractivity contribution in [3.8, 4) is 11.3 Å². The molecule has 0 bridgehead atoms. The molecule has 0 radical (unpaired) electrons. The van der Waals surface area contributed by atoms with Gasteiger partial charge in [0.05, 0.1) is 11.9 Å². The van der Waals surface area contributed by atoms with Crippen molar-refractivity contribution in [2.45, 2.75) is 13.5 Å². The first-order valence-corrected chi connectivity index (χ1v) is 7.38. The molecule has 0 saturated carbocycles. The Labute approximate surface area is 126 Å². The number of aromatic nitrogens is 3. The predicted octanol–water partition coefficient (Wildman–Crippen LogP) is 2.95. The van der Waals surface area contributed by atoms with Crippen LogP contribution in [-0.4, -0.2) is 20.7 Å². The van der Waals surface area contributed by atoms with Gasteiger partial charge >= 0.3 is 0 Å². The molecule has 6 heteroatoms. The van der Waals surface area contributed by atoms with Crippen molar-refractivity contribution in [2.75, 3.05) is 5.32 Å². The maximum Gasteiger partial charge on any atom is 0.247 e. The molecule has 1 amide bonds. The van der Waals surface area contributed by atoms with Crippen LogP contribution in [0.1, 0.15) is 5.56 Å². The van der Waals surface area contributed by atoms with E-state index in [1.54, 1.807) is 10.9 Å². The van der Waals surface area contributed by atoms with Gasteiger partial charge in [-0.05, 0) is 12.5 Å². The molecule has 1 aromatic carbocycles. The molecule has 0 saturated heterocycles. The number of amides is 1. The fourth-order valence-electron chi connectivity index (χ4n) is 1.93. The first-order chi connectivity index (χ1) is 10.2. The van der Waals surface area contributed by atoms with Gasteiger partial charge in [0.2, 0.25) is 5.91 Å². The highest BCUT2D eigenvalue weighted by atomic mass is 32.1. The molecule has 2 heterocycles. The Kier molecular flexibility index (Phi) is 3.79. The molecule has 2 aromatic heterocycles. The van der Waals surface area contributed by atoms with Crippen LogP contribution in [0, 0.1) is 6.92 Å². The number of nitrogens with one attached hydrogen (secondary N) is 1. The number of thiazole rings is 1. The minimum absolute atomic E-state index is 0.132. The van der Waals surface area contributed by atoms with E-state index in [0.29, 0.717) is 5.13 Å². The van der Waals surface area contributed by atoms with E-state index >= 15 is 0 Å². The Morgan fingerprint density at radius 2 is 2.14 bits per heavy atom. The van der Waals surface area contributed by atoms with Crippen LogP contribution in [0.4, 0.5) is 5.13 Å². The third-order valence-electron chi connectivity index (χ3n) is 2.89. The van der Waals surface area contributed by atoms with E-state index in [0.717, 1.165) is 16.8 Å². The summed E-state index contributed by atoms with van der Waals surface area (Å²) < 4.78 is 1.61. The molecule has 0 aliphatic heterocycles. The monoisotopic (exact) mass is 298 g/mol. The summed E-state index contributed by atoms with van der Waals surface area (Å²) in [5.74, 6) is -0.132. The molecule has 0 unspecified atom stereocenters. The summed E-state index contributed by atoms with van der Waals surface area (Å²) >= 11 is 1.42. The Morgan fingerprint density at radius 1 is 1.33 bits per heavy atom. The molecule has 3 rings (SSSR count). The smallest absolute Gasteiger partial charge is 0.247 e. The van der Waals surface area contributed by atoms with Gasteiger partial charge in [-0.25, -0.2) is 4.98 Å². The van der Waals surface area contributed by atoms with Crippen LogP contribution >= 0.6 is 11.3 Å². The lowest BCUT2D eigenvalue weighted by atomic mass is 10.2. The van der Waals surface area contributed by atoms with Crippen molar-refractivity contribution < 1.29 is 4.79 Å². The van der Waals surface area contributed by atoms with Crippen molar-refractivity contribution in [2.24, 2.45) is 0 Å². The molecule has 21 heavy (non-hydrogen) atoms. The highest BCUT2D eigenvalue weighted by Gasteiger charge is 2.08. The van der Waals surface area contributed by atoms with Crippen LogP contribution in [0.2, 0.25) is 0 Å². The fourth-order valence-corrected chi connectivity index (χ4v) is 2.67. The molecular formula is C15H14N4OS. The Bertz CT molecular complexity index is 748. The molecule has 5 nitrogen and oxygen atoms in total. The first kappa shape index (κ1) is 13.5. The van der Waals surface area contributed by atoms with Crippen molar-refractivity contribution >= 4 is 22.4 Å². The molecule has 0 aliphatic carbocycles. The number of benzene rings is 1. The quantitative estimate of drug-likeness (QED) is 0.805. The molecular weight excluding hydrogens is 284 g/mol. The SMILES string of the molecule is Cc1cnn(CC(=O)Nc2nc(-c3ccccc3)cs2)c1. The number of hydrogen-bond acceptors (Lipinski definition) is 4. The summed E-state index contributed by atoms with van der Waals surface area (Å²) in [7, 11) is 0. The van der Waals surface area contributed by atoms with Gasteiger partial charge in [-0.2, -0.15) is 5.10 Å². The Morgan fingerprint density at radius 3 is 2.86 bits per heavy atom. The van der Waals surface area contributed by atoms with Gasteiger partial charge in [0.1, 0.15) is 6.54 Å². The molecule has 3 aromatic rings. The average Bonchev–Trinajstić information content (AvgIpc) is 3.09. The highest BCUT2D eigenvalue weighted by molar-refractivity contribution is 7.14. The second kappa shape index (κ2) is 5.88. The molecule has 0 aliphatic rings. The minimum atomic E-state index is -0.132. The van der Waals surface area contributed by atoms with Crippen molar-refractivity contribution in [3.05, 3.63) is 53.7 Å².